The van der Waals surface area contributed by atoms with Crippen molar-refractivity contribution < 1.29 is 9.59 Å². The summed E-state index contributed by atoms with van der Waals surface area (Å²) in [6, 6.07) is 13.8. The first-order valence-corrected chi connectivity index (χ1v) is 9.67. The minimum Gasteiger partial charge on any atom is -0.267 e. The summed E-state index contributed by atoms with van der Waals surface area (Å²) in [5, 5.41) is 3.54. The van der Waals surface area contributed by atoms with E-state index in [1.165, 1.54) is 10.0 Å². The van der Waals surface area contributed by atoms with E-state index in [9.17, 15) is 9.59 Å². The van der Waals surface area contributed by atoms with Gasteiger partial charge < -0.3 is 0 Å². The lowest BCUT2D eigenvalue weighted by molar-refractivity contribution is -0.0410. The largest absolute Gasteiger partial charge is 0.272 e. The van der Waals surface area contributed by atoms with Gasteiger partial charge in [0.25, 0.3) is 11.8 Å². The van der Waals surface area contributed by atoms with Crippen LogP contribution in [-0.2, 0) is 5.88 Å². The maximum Gasteiger partial charge on any atom is 0.272 e. The smallest absolute Gasteiger partial charge is 0.267 e. The van der Waals surface area contributed by atoms with Crippen molar-refractivity contribution in [2.45, 2.75) is 39.1 Å². The Morgan fingerprint density at radius 3 is 1.81 bits per heavy atom. The molecule has 0 spiro atoms. The van der Waals surface area contributed by atoms with Crippen LogP contribution in [0.1, 0.15) is 54.0 Å². The first kappa shape index (κ1) is 21.3. The molecular formula is C21H24Cl2N2O2. The summed E-state index contributed by atoms with van der Waals surface area (Å²) in [4.78, 5) is 26.3. The number of benzene rings is 2. The molecule has 144 valence electrons. The van der Waals surface area contributed by atoms with Crippen LogP contribution in [0, 0.1) is 0 Å². The fraction of sp³-hybridized carbons (Fsp3) is 0.333. The van der Waals surface area contributed by atoms with Crippen LogP contribution in [0.15, 0.2) is 48.5 Å². The molecule has 0 N–H and O–H groups in total. The van der Waals surface area contributed by atoms with Gasteiger partial charge in [-0.2, -0.15) is 0 Å². The second-order valence-corrected chi connectivity index (χ2v) is 7.85. The van der Waals surface area contributed by atoms with Crippen LogP contribution >= 0.6 is 23.2 Å². The third-order valence-corrected chi connectivity index (χ3v) is 4.61. The van der Waals surface area contributed by atoms with Crippen LogP contribution < -0.4 is 0 Å². The van der Waals surface area contributed by atoms with E-state index in [4.69, 9.17) is 23.2 Å². The lowest BCUT2D eigenvalue weighted by Gasteiger charge is -2.43. The zero-order chi connectivity index (χ0) is 20.2. The fourth-order valence-electron chi connectivity index (χ4n) is 2.75. The highest BCUT2D eigenvalue weighted by molar-refractivity contribution is 6.30. The molecular weight excluding hydrogens is 383 g/mol. The van der Waals surface area contributed by atoms with Gasteiger partial charge in [0.15, 0.2) is 0 Å². The third-order valence-electron chi connectivity index (χ3n) is 4.05. The fourth-order valence-corrected chi connectivity index (χ4v) is 3.06. The van der Waals surface area contributed by atoms with Crippen molar-refractivity contribution in [2.75, 3.05) is 6.54 Å². The van der Waals surface area contributed by atoms with Gasteiger partial charge >= 0.3 is 0 Å². The number of carbonyl (C=O) groups is 2. The molecule has 4 nitrogen and oxygen atoms in total. The Morgan fingerprint density at radius 2 is 1.37 bits per heavy atom. The Bertz CT molecular complexity index is 796. The molecule has 6 heteroatoms. The standard InChI is InChI=1S/C21H24Cl2N2O2/c1-5-24(19(26)16-10-12-18(23)13-11-16)25(21(2,3)4)20(27)17-8-6-15(14-22)7-9-17/h6-13H,5,14H2,1-4H3. The molecule has 2 rings (SSSR count). The highest BCUT2D eigenvalue weighted by Gasteiger charge is 2.35. The van der Waals surface area contributed by atoms with E-state index in [0.717, 1.165) is 5.56 Å². The van der Waals surface area contributed by atoms with E-state index in [-0.39, 0.29) is 11.8 Å². The van der Waals surface area contributed by atoms with E-state index in [2.05, 4.69) is 0 Å². The Hall–Kier alpha value is -2.04. The number of hydrazine groups is 1. The average molecular weight is 407 g/mol. The minimum absolute atomic E-state index is 0.243. The lowest BCUT2D eigenvalue weighted by Crippen LogP contribution is -2.58. The van der Waals surface area contributed by atoms with Crippen LogP contribution in [0.2, 0.25) is 5.02 Å². The van der Waals surface area contributed by atoms with Gasteiger partial charge in [0.1, 0.15) is 0 Å². The molecule has 2 amide bonds. The van der Waals surface area contributed by atoms with E-state index in [1.54, 1.807) is 36.4 Å². The SMILES string of the molecule is CCN(C(=O)c1ccc(Cl)cc1)N(C(=O)c1ccc(CCl)cc1)C(C)(C)C. The third kappa shape index (κ3) is 5.02. The maximum absolute atomic E-state index is 13.3. The molecule has 2 aromatic carbocycles. The summed E-state index contributed by atoms with van der Waals surface area (Å²) in [5.41, 5.74) is 1.31. The first-order chi connectivity index (χ1) is 12.7. The quantitative estimate of drug-likeness (QED) is 0.503. The normalized spacial score (nSPS) is 11.2. The number of alkyl halides is 1. The predicted molar refractivity (Wildman–Crippen MR) is 110 cm³/mol. The van der Waals surface area contributed by atoms with Crippen LogP contribution in [-0.4, -0.2) is 33.9 Å². The summed E-state index contributed by atoms with van der Waals surface area (Å²) >= 11 is 11.8. The molecule has 0 bridgehead atoms. The lowest BCUT2D eigenvalue weighted by atomic mass is 10.0. The number of carbonyl (C=O) groups excluding carboxylic acids is 2. The van der Waals surface area contributed by atoms with E-state index in [0.29, 0.717) is 28.6 Å². The molecule has 0 aliphatic heterocycles. The predicted octanol–water partition coefficient (Wildman–Crippen LogP) is 5.40. The summed E-state index contributed by atoms with van der Waals surface area (Å²) in [6.07, 6.45) is 0. The Kier molecular flexibility index (Phi) is 6.90. The van der Waals surface area contributed by atoms with Crippen molar-refractivity contribution in [2.24, 2.45) is 0 Å². The van der Waals surface area contributed by atoms with Crippen LogP contribution in [0.5, 0.6) is 0 Å². The molecule has 0 aliphatic rings. The topological polar surface area (TPSA) is 40.6 Å². The maximum atomic E-state index is 13.3. The van der Waals surface area contributed by atoms with Crippen molar-refractivity contribution in [1.29, 1.82) is 0 Å². The van der Waals surface area contributed by atoms with Gasteiger partial charge in [0, 0.05) is 28.6 Å². The van der Waals surface area contributed by atoms with Crippen LogP contribution in [0.4, 0.5) is 0 Å². The van der Waals surface area contributed by atoms with Gasteiger partial charge in [0.2, 0.25) is 0 Å². The molecule has 0 aromatic heterocycles. The number of halogens is 2. The highest BCUT2D eigenvalue weighted by Crippen LogP contribution is 2.23. The molecule has 27 heavy (non-hydrogen) atoms. The molecule has 0 saturated heterocycles. The minimum atomic E-state index is -0.597. The molecule has 0 unspecified atom stereocenters. The average Bonchev–Trinajstić information content (AvgIpc) is 2.64. The van der Waals surface area contributed by atoms with E-state index >= 15 is 0 Å². The van der Waals surface area contributed by atoms with Crippen molar-refractivity contribution in [3.63, 3.8) is 0 Å². The molecule has 0 radical (unpaired) electrons. The van der Waals surface area contributed by atoms with Crippen molar-refractivity contribution in [3.8, 4) is 0 Å². The molecule has 0 saturated carbocycles. The number of hydrogen-bond donors (Lipinski definition) is 0. The molecule has 0 aliphatic carbocycles. The molecule has 0 fully saturated rings. The zero-order valence-electron chi connectivity index (χ0n) is 16.0. The summed E-state index contributed by atoms with van der Waals surface area (Å²) in [7, 11) is 0. The van der Waals surface area contributed by atoms with E-state index < -0.39 is 5.54 Å². The van der Waals surface area contributed by atoms with Gasteiger partial charge in [-0.25, -0.2) is 10.0 Å². The second-order valence-electron chi connectivity index (χ2n) is 7.15. The number of hydrogen-bond acceptors (Lipinski definition) is 2. The molecule has 2 aromatic rings. The molecule has 0 heterocycles. The van der Waals surface area contributed by atoms with Gasteiger partial charge in [-0.15, -0.1) is 11.6 Å². The Morgan fingerprint density at radius 1 is 0.889 bits per heavy atom. The van der Waals surface area contributed by atoms with Crippen molar-refractivity contribution in [3.05, 3.63) is 70.2 Å². The van der Waals surface area contributed by atoms with Crippen molar-refractivity contribution >= 4 is 35.0 Å². The van der Waals surface area contributed by atoms with Gasteiger partial charge in [-0.1, -0.05) is 23.7 Å². The monoisotopic (exact) mass is 406 g/mol. The van der Waals surface area contributed by atoms with Gasteiger partial charge in [0.05, 0.1) is 5.54 Å². The molecule has 0 atom stereocenters. The van der Waals surface area contributed by atoms with Crippen LogP contribution in [0.3, 0.4) is 0 Å². The highest BCUT2D eigenvalue weighted by atomic mass is 35.5. The van der Waals surface area contributed by atoms with Crippen molar-refractivity contribution in [1.82, 2.24) is 10.0 Å². The van der Waals surface area contributed by atoms with E-state index in [1.807, 2.05) is 39.8 Å². The number of amides is 2. The zero-order valence-corrected chi connectivity index (χ0v) is 17.5. The first-order valence-electron chi connectivity index (χ1n) is 8.75. The Labute approximate surface area is 170 Å². The van der Waals surface area contributed by atoms with Gasteiger partial charge in [-0.05, 0) is 69.7 Å². The Balaban J connectivity index is 2.41. The van der Waals surface area contributed by atoms with Crippen LogP contribution in [0.25, 0.3) is 0 Å². The summed E-state index contributed by atoms with van der Waals surface area (Å²) < 4.78 is 0. The van der Waals surface area contributed by atoms with Gasteiger partial charge in [-0.3, -0.25) is 9.59 Å². The summed E-state index contributed by atoms with van der Waals surface area (Å²) in [6.45, 7) is 7.89. The summed E-state index contributed by atoms with van der Waals surface area (Å²) in [5.74, 6) is -0.115. The number of rotatable bonds is 4. The number of nitrogens with zero attached hydrogens (tertiary/aromatic N) is 2. The second kappa shape index (κ2) is 8.77.